The second-order valence-corrected chi connectivity index (χ2v) is 4.43. The molecule has 0 aromatic rings. The van der Waals surface area contributed by atoms with E-state index in [9.17, 15) is 9.59 Å². The molecule has 0 fully saturated rings. The molecule has 0 bridgehead atoms. The molecule has 1 unspecified atom stereocenters. The van der Waals surface area contributed by atoms with Crippen LogP contribution in [0.3, 0.4) is 0 Å². The number of hydrogen-bond acceptors (Lipinski definition) is 5. The Balaban J connectivity index is 0. The molecule has 0 aromatic carbocycles. The highest BCUT2D eigenvalue weighted by atomic mass is 35.5. The number of alkyl carbamates (subject to hydrolysis) is 1. The Morgan fingerprint density at radius 2 is 1.89 bits per heavy atom. The average Bonchev–Trinajstić information content (AvgIpc) is 2.13. The van der Waals surface area contributed by atoms with E-state index in [-0.39, 0.29) is 24.7 Å². The predicted octanol–water partition coefficient (Wildman–Crippen LogP) is 0.801. The van der Waals surface area contributed by atoms with Crippen LogP contribution in [0.15, 0.2) is 0 Å². The van der Waals surface area contributed by atoms with E-state index in [4.69, 9.17) is 15.9 Å². The van der Waals surface area contributed by atoms with E-state index in [1.54, 1.807) is 20.8 Å². The maximum Gasteiger partial charge on any atom is 0.408 e. The van der Waals surface area contributed by atoms with E-state index in [0.717, 1.165) is 0 Å². The molecule has 1 atom stereocenters. The first-order chi connectivity index (χ1) is 7.65. The molecule has 0 saturated carbocycles. The van der Waals surface area contributed by atoms with Crippen LogP contribution >= 0.6 is 12.4 Å². The van der Waals surface area contributed by atoms with Crippen LogP contribution in [-0.4, -0.2) is 36.7 Å². The average molecular weight is 282 g/mol. The van der Waals surface area contributed by atoms with Gasteiger partial charge in [-0.25, -0.2) is 4.79 Å². The molecule has 0 aromatic heterocycles. The fourth-order valence-electron chi connectivity index (χ4n) is 0.939. The number of esters is 1. The largest absolute Gasteiger partial charge is 0.469 e. The highest BCUT2D eigenvalue weighted by Gasteiger charge is 2.23. The lowest BCUT2D eigenvalue weighted by molar-refractivity contribution is -0.140. The third-order valence-corrected chi connectivity index (χ3v) is 1.66. The number of carbonyl (C=O) groups is 2. The molecule has 7 nitrogen and oxygen atoms in total. The molecule has 0 aliphatic rings. The van der Waals surface area contributed by atoms with Gasteiger partial charge in [0, 0.05) is 0 Å². The van der Waals surface area contributed by atoms with Crippen molar-refractivity contribution < 1.29 is 19.1 Å². The second kappa shape index (κ2) is 7.75. The lowest BCUT2D eigenvalue weighted by atomic mass is 10.2. The molecule has 1 amide bonds. The summed E-state index contributed by atoms with van der Waals surface area (Å²) >= 11 is 0. The van der Waals surface area contributed by atoms with E-state index in [2.05, 4.69) is 10.1 Å². The normalized spacial score (nSPS) is 11.8. The van der Waals surface area contributed by atoms with Crippen molar-refractivity contribution in [1.29, 1.82) is 5.41 Å². The van der Waals surface area contributed by atoms with Crippen molar-refractivity contribution in [2.75, 3.05) is 7.11 Å². The third-order valence-electron chi connectivity index (χ3n) is 1.66. The zero-order chi connectivity index (χ0) is 13.6. The highest BCUT2D eigenvalue weighted by Crippen LogP contribution is 2.07. The van der Waals surface area contributed by atoms with Gasteiger partial charge in [0.05, 0.1) is 19.6 Å². The lowest BCUT2D eigenvalue weighted by Crippen LogP contribution is -2.47. The number of halogens is 1. The summed E-state index contributed by atoms with van der Waals surface area (Å²) in [5.41, 5.74) is 4.60. The van der Waals surface area contributed by atoms with E-state index in [1.807, 2.05) is 0 Å². The molecule has 106 valence electrons. The zero-order valence-electron chi connectivity index (χ0n) is 10.9. The third kappa shape index (κ3) is 8.63. The molecule has 0 rings (SSSR count). The smallest absolute Gasteiger partial charge is 0.408 e. The Morgan fingerprint density at radius 1 is 1.39 bits per heavy atom. The second-order valence-electron chi connectivity index (χ2n) is 4.43. The van der Waals surface area contributed by atoms with E-state index >= 15 is 0 Å². The maximum atomic E-state index is 11.4. The van der Waals surface area contributed by atoms with Crippen LogP contribution in [0, 0.1) is 5.41 Å². The van der Waals surface area contributed by atoms with Gasteiger partial charge in [0.25, 0.3) is 0 Å². The summed E-state index contributed by atoms with van der Waals surface area (Å²) in [6.45, 7) is 5.11. The molecule has 0 spiro atoms. The van der Waals surface area contributed by atoms with Gasteiger partial charge < -0.3 is 20.5 Å². The van der Waals surface area contributed by atoms with Gasteiger partial charge in [0.15, 0.2) is 0 Å². The Kier molecular flexibility index (Phi) is 8.12. The predicted molar refractivity (Wildman–Crippen MR) is 69.0 cm³/mol. The summed E-state index contributed by atoms with van der Waals surface area (Å²) in [7, 11) is 1.22. The van der Waals surface area contributed by atoms with Crippen molar-refractivity contribution in [3.8, 4) is 0 Å². The summed E-state index contributed by atoms with van der Waals surface area (Å²) in [5.74, 6) is -0.900. The number of methoxy groups -OCH3 is 1. The molecular formula is C10H20ClN3O4. The monoisotopic (exact) mass is 281 g/mol. The Bertz CT molecular complexity index is 315. The number of hydrogen-bond donors (Lipinski definition) is 3. The Labute approximate surface area is 112 Å². The van der Waals surface area contributed by atoms with Gasteiger partial charge in [-0.2, -0.15) is 0 Å². The van der Waals surface area contributed by atoms with Crippen LogP contribution in [0.25, 0.3) is 0 Å². The van der Waals surface area contributed by atoms with E-state index in [0.29, 0.717) is 0 Å². The minimum atomic E-state index is -0.919. The number of carbonyl (C=O) groups excluding carboxylic acids is 2. The van der Waals surface area contributed by atoms with Crippen LogP contribution in [-0.2, 0) is 14.3 Å². The van der Waals surface area contributed by atoms with E-state index < -0.39 is 23.7 Å². The summed E-state index contributed by atoms with van der Waals surface area (Å²) < 4.78 is 9.41. The standard InChI is InChI=1S/C10H19N3O4.ClH/c1-10(2,3)17-9(15)13-6(8(11)12)5-7(14)16-4;/h6H,5H2,1-4H3,(H3,11,12)(H,13,15);1H. The molecule has 0 heterocycles. The fraction of sp³-hybridized carbons (Fsp3) is 0.700. The van der Waals surface area contributed by atoms with Gasteiger partial charge >= 0.3 is 12.1 Å². The van der Waals surface area contributed by atoms with Crippen molar-refractivity contribution in [3.63, 3.8) is 0 Å². The topological polar surface area (TPSA) is 114 Å². The minimum absolute atomic E-state index is 0. The van der Waals surface area contributed by atoms with Crippen molar-refractivity contribution in [2.45, 2.75) is 38.8 Å². The van der Waals surface area contributed by atoms with Crippen LogP contribution in [0.1, 0.15) is 27.2 Å². The number of ether oxygens (including phenoxy) is 2. The Hall–Kier alpha value is -1.50. The first-order valence-corrected chi connectivity index (χ1v) is 5.06. The fourth-order valence-corrected chi connectivity index (χ4v) is 0.939. The summed E-state index contributed by atoms with van der Waals surface area (Å²) in [6, 6.07) is -0.919. The molecule has 0 saturated heterocycles. The molecular weight excluding hydrogens is 262 g/mol. The molecule has 4 N–H and O–H groups in total. The van der Waals surface area contributed by atoms with Crippen molar-refractivity contribution in [1.82, 2.24) is 5.32 Å². The van der Waals surface area contributed by atoms with Gasteiger partial charge in [0.2, 0.25) is 0 Å². The number of rotatable bonds is 4. The van der Waals surface area contributed by atoms with Crippen LogP contribution in [0.2, 0.25) is 0 Å². The molecule has 0 aliphatic heterocycles. The molecule has 0 radical (unpaired) electrons. The number of amidine groups is 1. The van der Waals surface area contributed by atoms with Gasteiger partial charge in [-0.15, -0.1) is 12.4 Å². The van der Waals surface area contributed by atoms with Crippen molar-refractivity contribution in [2.24, 2.45) is 5.73 Å². The van der Waals surface area contributed by atoms with Crippen molar-refractivity contribution in [3.05, 3.63) is 0 Å². The SMILES string of the molecule is COC(=O)CC(NC(=O)OC(C)(C)C)C(=N)N.Cl. The number of nitrogens with one attached hydrogen (secondary N) is 2. The summed E-state index contributed by atoms with van der Waals surface area (Å²) in [5, 5.41) is 9.57. The quantitative estimate of drug-likeness (QED) is 0.400. The number of nitrogens with two attached hydrogens (primary N) is 1. The first-order valence-electron chi connectivity index (χ1n) is 5.06. The van der Waals surface area contributed by atoms with Gasteiger partial charge in [-0.1, -0.05) is 0 Å². The van der Waals surface area contributed by atoms with Gasteiger partial charge in [0.1, 0.15) is 11.4 Å². The van der Waals surface area contributed by atoms with Crippen molar-refractivity contribution >= 4 is 30.3 Å². The maximum absolute atomic E-state index is 11.4. The van der Waals surface area contributed by atoms with Gasteiger partial charge in [-0.05, 0) is 20.8 Å². The lowest BCUT2D eigenvalue weighted by Gasteiger charge is -2.22. The summed E-state index contributed by atoms with van der Waals surface area (Å²) in [6.07, 6.45) is -0.938. The van der Waals surface area contributed by atoms with Crippen LogP contribution in [0.5, 0.6) is 0 Å². The highest BCUT2D eigenvalue weighted by molar-refractivity contribution is 5.90. The Morgan fingerprint density at radius 3 is 2.22 bits per heavy atom. The molecule has 0 aliphatic carbocycles. The first kappa shape index (κ1) is 18.9. The van der Waals surface area contributed by atoms with E-state index in [1.165, 1.54) is 7.11 Å². The molecule has 8 heteroatoms. The number of amides is 1. The van der Waals surface area contributed by atoms with Gasteiger partial charge in [-0.3, -0.25) is 10.2 Å². The minimum Gasteiger partial charge on any atom is -0.469 e. The summed E-state index contributed by atoms with van der Waals surface area (Å²) in [4.78, 5) is 22.4. The van der Waals surface area contributed by atoms with Crippen LogP contribution in [0.4, 0.5) is 4.79 Å². The molecule has 18 heavy (non-hydrogen) atoms. The van der Waals surface area contributed by atoms with Crippen LogP contribution < -0.4 is 11.1 Å². The zero-order valence-corrected chi connectivity index (χ0v) is 11.7.